The van der Waals surface area contributed by atoms with Crippen molar-refractivity contribution in [1.29, 1.82) is 0 Å². The molecule has 0 spiro atoms. The first-order valence-corrected chi connectivity index (χ1v) is 8.69. The third-order valence-electron chi connectivity index (χ3n) is 3.45. The van der Waals surface area contributed by atoms with Gasteiger partial charge in [-0.1, -0.05) is 39.2 Å². The van der Waals surface area contributed by atoms with Crippen LogP contribution in [-0.4, -0.2) is 33.9 Å². The summed E-state index contributed by atoms with van der Waals surface area (Å²) in [6, 6.07) is 8.00. The smallest absolute Gasteiger partial charge is 0.226 e. The van der Waals surface area contributed by atoms with Crippen LogP contribution in [0.4, 0.5) is 0 Å². The van der Waals surface area contributed by atoms with Gasteiger partial charge in [0.15, 0.2) is 0 Å². The highest BCUT2D eigenvalue weighted by atomic mass is 79.9. The van der Waals surface area contributed by atoms with Gasteiger partial charge >= 0.3 is 0 Å². The lowest BCUT2D eigenvalue weighted by Crippen LogP contribution is -2.37. The number of halogens is 1. The lowest BCUT2D eigenvalue weighted by molar-refractivity contribution is -0.135. The normalized spacial score (nSPS) is 23.1. The Morgan fingerprint density at radius 3 is 2.53 bits per heavy atom. The summed E-state index contributed by atoms with van der Waals surface area (Å²) in [5, 5.41) is 0. The Labute approximate surface area is 125 Å². The molecule has 1 saturated heterocycles. The molecule has 1 heterocycles. The van der Waals surface area contributed by atoms with Crippen molar-refractivity contribution in [3.8, 4) is 0 Å². The highest BCUT2D eigenvalue weighted by Crippen LogP contribution is 2.21. The van der Waals surface area contributed by atoms with E-state index in [-0.39, 0.29) is 11.8 Å². The van der Waals surface area contributed by atoms with E-state index in [2.05, 4.69) is 15.9 Å². The van der Waals surface area contributed by atoms with Crippen LogP contribution >= 0.6 is 15.9 Å². The molecular formula is C14H18BrNO2S. The SMILES string of the molecule is CN(Cc1ccc(Br)cc1)C(=O)C1CC[S+]([O-])CC1. The zero-order valence-corrected chi connectivity index (χ0v) is 13.4. The van der Waals surface area contributed by atoms with Gasteiger partial charge in [0.1, 0.15) is 11.5 Å². The first kappa shape index (κ1) is 14.9. The Kier molecular flexibility index (Phi) is 5.30. The Balaban J connectivity index is 1.90. The van der Waals surface area contributed by atoms with Crippen molar-refractivity contribution in [3.63, 3.8) is 0 Å². The van der Waals surface area contributed by atoms with Gasteiger partial charge in [-0.3, -0.25) is 4.79 Å². The molecule has 5 heteroatoms. The van der Waals surface area contributed by atoms with Crippen LogP contribution in [0.15, 0.2) is 28.7 Å². The van der Waals surface area contributed by atoms with Gasteiger partial charge in [0, 0.05) is 36.8 Å². The van der Waals surface area contributed by atoms with Crippen LogP contribution in [0.1, 0.15) is 18.4 Å². The quantitative estimate of drug-likeness (QED) is 0.791. The summed E-state index contributed by atoms with van der Waals surface area (Å²) in [6.07, 6.45) is 1.52. The van der Waals surface area contributed by atoms with E-state index in [0.29, 0.717) is 18.1 Å². The van der Waals surface area contributed by atoms with Crippen LogP contribution in [-0.2, 0) is 22.5 Å². The summed E-state index contributed by atoms with van der Waals surface area (Å²) in [4.78, 5) is 14.1. The van der Waals surface area contributed by atoms with E-state index in [1.807, 2.05) is 31.3 Å². The summed E-state index contributed by atoms with van der Waals surface area (Å²) in [7, 11) is 1.84. The van der Waals surface area contributed by atoms with E-state index in [9.17, 15) is 9.35 Å². The van der Waals surface area contributed by atoms with Crippen LogP contribution in [0.3, 0.4) is 0 Å². The lowest BCUT2D eigenvalue weighted by Gasteiger charge is -2.27. The maximum absolute atomic E-state index is 12.3. The first-order chi connectivity index (χ1) is 9.06. The van der Waals surface area contributed by atoms with Crippen LogP contribution in [0, 0.1) is 5.92 Å². The number of amides is 1. The van der Waals surface area contributed by atoms with Gasteiger partial charge in [0.05, 0.1) is 0 Å². The zero-order valence-electron chi connectivity index (χ0n) is 11.0. The van der Waals surface area contributed by atoms with E-state index in [0.717, 1.165) is 22.9 Å². The van der Waals surface area contributed by atoms with Gasteiger partial charge in [-0.2, -0.15) is 0 Å². The third-order valence-corrected chi connectivity index (χ3v) is 5.36. The molecule has 1 fully saturated rings. The second-order valence-corrected chi connectivity index (χ2v) is 7.55. The molecule has 104 valence electrons. The zero-order chi connectivity index (χ0) is 13.8. The minimum atomic E-state index is -0.707. The molecule has 19 heavy (non-hydrogen) atoms. The molecule has 0 saturated carbocycles. The Hall–Kier alpha value is -0.520. The molecule has 0 atom stereocenters. The van der Waals surface area contributed by atoms with Crippen molar-refractivity contribution in [2.75, 3.05) is 18.6 Å². The Bertz CT molecular complexity index is 430. The van der Waals surface area contributed by atoms with E-state index in [1.54, 1.807) is 4.90 Å². The second-order valence-electron chi connectivity index (χ2n) is 4.94. The molecule has 0 bridgehead atoms. The summed E-state index contributed by atoms with van der Waals surface area (Å²) < 4.78 is 12.3. The molecular weight excluding hydrogens is 326 g/mol. The minimum absolute atomic E-state index is 0.0538. The Morgan fingerprint density at radius 1 is 1.37 bits per heavy atom. The number of carbonyl (C=O) groups is 1. The molecule has 1 aromatic carbocycles. The number of hydrogen-bond donors (Lipinski definition) is 0. The predicted octanol–water partition coefficient (Wildman–Crippen LogP) is 2.57. The maximum atomic E-state index is 12.3. The molecule has 1 aliphatic heterocycles. The first-order valence-electron chi connectivity index (χ1n) is 6.40. The van der Waals surface area contributed by atoms with Crippen LogP contribution < -0.4 is 0 Å². The van der Waals surface area contributed by atoms with Crippen molar-refractivity contribution in [3.05, 3.63) is 34.3 Å². The molecule has 0 unspecified atom stereocenters. The van der Waals surface area contributed by atoms with E-state index < -0.39 is 11.2 Å². The molecule has 0 radical (unpaired) electrons. The molecule has 3 nitrogen and oxygen atoms in total. The Morgan fingerprint density at radius 2 is 1.95 bits per heavy atom. The maximum Gasteiger partial charge on any atom is 0.226 e. The number of rotatable bonds is 3. The second kappa shape index (κ2) is 6.77. The molecule has 0 aromatic heterocycles. The monoisotopic (exact) mass is 343 g/mol. The van der Waals surface area contributed by atoms with Gasteiger partial charge < -0.3 is 9.45 Å². The molecule has 0 N–H and O–H groups in total. The topological polar surface area (TPSA) is 43.4 Å². The minimum Gasteiger partial charge on any atom is -0.616 e. The van der Waals surface area contributed by atoms with E-state index in [1.165, 1.54) is 0 Å². The van der Waals surface area contributed by atoms with Crippen molar-refractivity contribution < 1.29 is 9.35 Å². The molecule has 1 aliphatic rings. The van der Waals surface area contributed by atoms with Crippen LogP contribution in [0.25, 0.3) is 0 Å². The number of carbonyl (C=O) groups excluding carboxylic acids is 1. The van der Waals surface area contributed by atoms with Crippen molar-refractivity contribution in [2.45, 2.75) is 19.4 Å². The van der Waals surface area contributed by atoms with Crippen molar-refractivity contribution in [2.24, 2.45) is 5.92 Å². The average Bonchev–Trinajstić information content (AvgIpc) is 2.41. The average molecular weight is 344 g/mol. The lowest BCUT2D eigenvalue weighted by atomic mass is 10.0. The standard InChI is InChI=1S/C14H18BrNO2S/c1-16(10-11-2-4-13(15)5-3-11)14(17)12-6-8-19(18)9-7-12/h2-5,12H,6-10H2,1H3. The summed E-state index contributed by atoms with van der Waals surface area (Å²) in [6.45, 7) is 0.631. The van der Waals surface area contributed by atoms with Crippen LogP contribution in [0.2, 0.25) is 0 Å². The molecule has 0 aliphatic carbocycles. The number of benzene rings is 1. The highest BCUT2D eigenvalue weighted by Gasteiger charge is 2.29. The van der Waals surface area contributed by atoms with Gasteiger partial charge in [0.25, 0.3) is 0 Å². The molecule has 1 amide bonds. The fraction of sp³-hybridized carbons (Fsp3) is 0.500. The van der Waals surface area contributed by atoms with Crippen molar-refractivity contribution in [1.82, 2.24) is 4.90 Å². The van der Waals surface area contributed by atoms with Gasteiger partial charge in [-0.15, -0.1) is 0 Å². The number of nitrogens with zero attached hydrogens (tertiary/aromatic N) is 1. The van der Waals surface area contributed by atoms with Crippen molar-refractivity contribution >= 4 is 33.0 Å². The predicted molar refractivity (Wildman–Crippen MR) is 81.2 cm³/mol. The summed E-state index contributed by atoms with van der Waals surface area (Å²) in [5.74, 6) is 1.57. The van der Waals surface area contributed by atoms with E-state index >= 15 is 0 Å². The van der Waals surface area contributed by atoms with E-state index in [4.69, 9.17) is 0 Å². The van der Waals surface area contributed by atoms with Gasteiger partial charge in [-0.05, 0) is 17.7 Å². The largest absolute Gasteiger partial charge is 0.616 e. The fourth-order valence-electron chi connectivity index (χ4n) is 2.29. The molecule has 2 rings (SSSR count). The van der Waals surface area contributed by atoms with Gasteiger partial charge in [0.2, 0.25) is 5.91 Å². The molecule has 1 aromatic rings. The van der Waals surface area contributed by atoms with Gasteiger partial charge in [-0.25, -0.2) is 0 Å². The highest BCUT2D eigenvalue weighted by molar-refractivity contribution is 9.10. The summed E-state index contributed by atoms with van der Waals surface area (Å²) in [5.41, 5.74) is 1.12. The summed E-state index contributed by atoms with van der Waals surface area (Å²) >= 11 is 2.69. The third kappa shape index (κ3) is 4.23. The fourth-order valence-corrected chi connectivity index (χ4v) is 3.86. The van der Waals surface area contributed by atoms with Crippen LogP contribution in [0.5, 0.6) is 0 Å². The number of hydrogen-bond acceptors (Lipinski definition) is 2.